The number of aromatic hydroxyl groups is 1. The molecule has 0 bridgehead atoms. The molecule has 0 fully saturated rings. The largest absolute Gasteiger partial charge is 0.505 e. The molecule has 0 saturated carbocycles. The first-order valence-corrected chi connectivity index (χ1v) is 6.06. The first kappa shape index (κ1) is 13.0. The maximum atomic E-state index is 11.9. The molecule has 2 rings (SSSR count). The average molecular weight is 257 g/mol. The van der Waals surface area contributed by atoms with Crippen molar-refractivity contribution < 1.29 is 9.90 Å². The van der Waals surface area contributed by atoms with Crippen LogP contribution in [0, 0.1) is 0 Å². The van der Waals surface area contributed by atoms with Crippen molar-refractivity contribution in [3.63, 3.8) is 0 Å². The van der Waals surface area contributed by atoms with E-state index in [4.69, 9.17) is 0 Å². The van der Waals surface area contributed by atoms with Gasteiger partial charge in [-0.3, -0.25) is 14.8 Å². The van der Waals surface area contributed by atoms with E-state index in [0.717, 1.165) is 17.7 Å². The third-order valence-corrected chi connectivity index (χ3v) is 2.83. The minimum Gasteiger partial charge on any atom is -0.505 e. The SMILES string of the molecule is CCc1cccnc1CNC(=O)c1ccncc1O. The van der Waals surface area contributed by atoms with Crippen molar-refractivity contribution in [1.29, 1.82) is 0 Å². The van der Waals surface area contributed by atoms with E-state index < -0.39 is 0 Å². The molecule has 0 aliphatic rings. The fourth-order valence-corrected chi connectivity index (χ4v) is 1.79. The number of aryl methyl sites for hydroxylation is 1. The third-order valence-electron chi connectivity index (χ3n) is 2.83. The van der Waals surface area contributed by atoms with Crippen molar-refractivity contribution in [1.82, 2.24) is 15.3 Å². The Hall–Kier alpha value is -2.43. The second-order valence-corrected chi connectivity index (χ2v) is 4.04. The molecule has 98 valence electrons. The summed E-state index contributed by atoms with van der Waals surface area (Å²) in [6.07, 6.45) is 5.27. The summed E-state index contributed by atoms with van der Waals surface area (Å²) in [4.78, 5) is 19.9. The minimum absolute atomic E-state index is 0.128. The number of aromatic nitrogens is 2. The number of carbonyl (C=O) groups excluding carboxylic acids is 1. The van der Waals surface area contributed by atoms with Crippen molar-refractivity contribution in [2.24, 2.45) is 0 Å². The number of carbonyl (C=O) groups is 1. The van der Waals surface area contributed by atoms with Crippen LogP contribution >= 0.6 is 0 Å². The highest BCUT2D eigenvalue weighted by molar-refractivity contribution is 5.96. The van der Waals surface area contributed by atoms with Gasteiger partial charge in [0, 0.05) is 12.4 Å². The fraction of sp³-hybridized carbons (Fsp3) is 0.214. The smallest absolute Gasteiger partial charge is 0.255 e. The Balaban J connectivity index is 2.07. The molecule has 2 heterocycles. The van der Waals surface area contributed by atoms with E-state index >= 15 is 0 Å². The molecule has 5 heteroatoms. The van der Waals surface area contributed by atoms with Crippen LogP contribution in [-0.2, 0) is 13.0 Å². The molecule has 2 N–H and O–H groups in total. The number of hydrogen-bond acceptors (Lipinski definition) is 4. The van der Waals surface area contributed by atoms with Crippen molar-refractivity contribution in [2.75, 3.05) is 0 Å². The summed E-state index contributed by atoms with van der Waals surface area (Å²) in [7, 11) is 0. The minimum atomic E-state index is -0.340. The van der Waals surface area contributed by atoms with E-state index in [1.807, 2.05) is 19.1 Å². The van der Waals surface area contributed by atoms with Gasteiger partial charge in [-0.25, -0.2) is 0 Å². The number of pyridine rings is 2. The zero-order valence-corrected chi connectivity index (χ0v) is 10.6. The molecule has 0 spiro atoms. The number of rotatable bonds is 4. The molecule has 2 aromatic heterocycles. The molecular weight excluding hydrogens is 242 g/mol. The molecule has 0 radical (unpaired) electrons. The topological polar surface area (TPSA) is 75.1 Å². The van der Waals surface area contributed by atoms with Gasteiger partial charge in [-0.15, -0.1) is 0 Å². The predicted octanol–water partition coefficient (Wildman–Crippen LogP) is 1.67. The van der Waals surface area contributed by atoms with Crippen molar-refractivity contribution >= 4 is 5.91 Å². The Bertz CT molecular complexity index is 584. The van der Waals surface area contributed by atoms with Gasteiger partial charge in [0.25, 0.3) is 5.91 Å². The van der Waals surface area contributed by atoms with Crippen LogP contribution in [0.3, 0.4) is 0 Å². The number of hydrogen-bond donors (Lipinski definition) is 2. The Kier molecular flexibility index (Phi) is 4.07. The lowest BCUT2D eigenvalue weighted by Gasteiger charge is -2.08. The molecule has 0 aliphatic heterocycles. The highest BCUT2D eigenvalue weighted by Gasteiger charge is 2.11. The fourth-order valence-electron chi connectivity index (χ4n) is 1.79. The molecule has 2 aromatic rings. The second kappa shape index (κ2) is 5.95. The maximum Gasteiger partial charge on any atom is 0.255 e. The van der Waals surface area contributed by atoms with Crippen molar-refractivity contribution in [3.05, 3.63) is 53.6 Å². The van der Waals surface area contributed by atoms with Gasteiger partial charge in [0.15, 0.2) is 0 Å². The normalized spacial score (nSPS) is 10.2. The summed E-state index contributed by atoms with van der Waals surface area (Å²) in [5, 5.41) is 12.3. The summed E-state index contributed by atoms with van der Waals surface area (Å²) < 4.78 is 0. The summed E-state index contributed by atoms with van der Waals surface area (Å²) in [6.45, 7) is 2.38. The van der Waals surface area contributed by atoms with E-state index in [9.17, 15) is 9.90 Å². The van der Waals surface area contributed by atoms with Crippen LogP contribution in [0.15, 0.2) is 36.8 Å². The van der Waals surface area contributed by atoms with Crippen molar-refractivity contribution in [2.45, 2.75) is 19.9 Å². The summed E-state index contributed by atoms with van der Waals surface area (Å²) in [5.74, 6) is -0.468. The van der Waals surface area contributed by atoms with Crippen LogP contribution in [0.1, 0.15) is 28.5 Å². The molecule has 0 unspecified atom stereocenters. The lowest BCUT2D eigenvalue weighted by Crippen LogP contribution is -2.24. The van der Waals surface area contributed by atoms with Gasteiger partial charge in [0.2, 0.25) is 0 Å². The Labute approximate surface area is 111 Å². The van der Waals surface area contributed by atoms with Crippen LogP contribution in [-0.4, -0.2) is 21.0 Å². The molecule has 0 aliphatic carbocycles. The Morgan fingerprint density at radius 2 is 2.21 bits per heavy atom. The average Bonchev–Trinajstić information content (AvgIpc) is 2.45. The molecule has 0 aromatic carbocycles. The van der Waals surface area contributed by atoms with Crippen LogP contribution in [0.2, 0.25) is 0 Å². The molecule has 1 amide bonds. The first-order valence-electron chi connectivity index (χ1n) is 6.06. The Morgan fingerprint density at radius 1 is 1.37 bits per heavy atom. The van der Waals surface area contributed by atoms with Crippen LogP contribution in [0.25, 0.3) is 0 Å². The van der Waals surface area contributed by atoms with E-state index in [2.05, 4.69) is 15.3 Å². The van der Waals surface area contributed by atoms with Crippen LogP contribution in [0.5, 0.6) is 5.75 Å². The van der Waals surface area contributed by atoms with Gasteiger partial charge >= 0.3 is 0 Å². The monoisotopic (exact) mass is 257 g/mol. The molecule has 19 heavy (non-hydrogen) atoms. The quantitative estimate of drug-likeness (QED) is 0.873. The number of nitrogens with one attached hydrogen (secondary N) is 1. The van der Waals surface area contributed by atoms with Gasteiger partial charge in [-0.2, -0.15) is 0 Å². The van der Waals surface area contributed by atoms with E-state index in [1.165, 1.54) is 18.5 Å². The highest BCUT2D eigenvalue weighted by atomic mass is 16.3. The molecule has 0 atom stereocenters. The maximum absolute atomic E-state index is 11.9. The molecular formula is C14H15N3O2. The summed E-state index contributed by atoms with van der Waals surface area (Å²) in [6, 6.07) is 5.33. The summed E-state index contributed by atoms with van der Waals surface area (Å²) in [5.41, 5.74) is 2.15. The highest BCUT2D eigenvalue weighted by Crippen LogP contribution is 2.14. The number of nitrogens with zero attached hydrogens (tertiary/aromatic N) is 2. The standard InChI is InChI=1S/C14H15N3O2/c1-2-10-4-3-6-16-12(10)8-17-14(19)11-5-7-15-9-13(11)18/h3-7,9,18H,2,8H2,1H3,(H,17,19). The first-order chi connectivity index (χ1) is 9.22. The van der Waals surface area contributed by atoms with Gasteiger partial charge < -0.3 is 10.4 Å². The van der Waals surface area contributed by atoms with E-state index in [0.29, 0.717) is 6.54 Å². The van der Waals surface area contributed by atoms with Gasteiger partial charge in [0.1, 0.15) is 5.75 Å². The second-order valence-electron chi connectivity index (χ2n) is 4.04. The Morgan fingerprint density at radius 3 is 2.95 bits per heavy atom. The zero-order valence-electron chi connectivity index (χ0n) is 10.6. The molecule has 0 saturated heterocycles. The van der Waals surface area contributed by atoms with Crippen LogP contribution in [0.4, 0.5) is 0 Å². The van der Waals surface area contributed by atoms with Gasteiger partial charge in [0.05, 0.1) is 24.0 Å². The zero-order chi connectivity index (χ0) is 13.7. The predicted molar refractivity (Wildman–Crippen MR) is 70.7 cm³/mol. The lowest BCUT2D eigenvalue weighted by molar-refractivity contribution is 0.0947. The summed E-state index contributed by atoms with van der Waals surface area (Å²) >= 11 is 0. The van der Waals surface area contributed by atoms with Crippen LogP contribution < -0.4 is 5.32 Å². The van der Waals surface area contributed by atoms with Crippen molar-refractivity contribution in [3.8, 4) is 5.75 Å². The third kappa shape index (κ3) is 3.07. The van der Waals surface area contributed by atoms with Gasteiger partial charge in [-0.05, 0) is 24.1 Å². The number of amides is 1. The lowest BCUT2D eigenvalue weighted by atomic mass is 10.1. The molecule has 5 nitrogen and oxygen atoms in total. The van der Waals surface area contributed by atoms with Gasteiger partial charge in [-0.1, -0.05) is 13.0 Å². The van der Waals surface area contributed by atoms with E-state index in [1.54, 1.807) is 6.20 Å². The van der Waals surface area contributed by atoms with E-state index in [-0.39, 0.29) is 17.2 Å².